The van der Waals surface area contributed by atoms with Gasteiger partial charge in [0.2, 0.25) is 0 Å². The minimum Gasteiger partial charge on any atom is -0.491 e. The van der Waals surface area contributed by atoms with Gasteiger partial charge in [0.25, 0.3) is 0 Å². The summed E-state index contributed by atoms with van der Waals surface area (Å²) in [5, 5.41) is 9.38. The van der Waals surface area contributed by atoms with Gasteiger partial charge in [-0.15, -0.1) is 0 Å². The van der Waals surface area contributed by atoms with Crippen LogP contribution in [0.2, 0.25) is 0 Å². The van der Waals surface area contributed by atoms with Crippen LogP contribution in [0.3, 0.4) is 0 Å². The molecule has 1 fully saturated rings. The van der Waals surface area contributed by atoms with Gasteiger partial charge in [-0.1, -0.05) is 12.1 Å². The number of hydrogen-bond donors (Lipinski definition) is 1. The number of carboxylic acid groups (broad SMARTS) is 1. The number of carbonyl (C=O) groups is 1. The van der Waals surface area contributed by atoms with Crippen LogP contribution in [0.5, 0.6) is 5.75 Å². The molecule has 0 aliphatic carbocycles. The van der Waals surface area contributed by atoms with Crippen LogP contribution >= 0.6 is 0 Å². The third-order valence-electron chi connectivity index (χ3n) is 5.19. The fraction of sp³-hybridized carbons (Fsp3) is 0.435. The number of hydrogen-bond acceptors (Lipinski definition) is 4. The van der Waals surface area contributed by atoms with Crippen LogP contribution < -0.4 is 9.64 Å². The minimum absolute atomic E-state index is 0.0193. The van der Waals surface area contributed by atoms with E-state index >= 15 is 0 Å². The molecule has 1 heterocycles. The van der Waals surface area contributed by atoms with Gasteiger partial charge in [-0.3, -0.25) is 9.69 Å². The second-order valence-corrected chi connectivity index (χ2v) is 7.80. The SMILES string of the molecule is CC(C)Oc1ccc(CN(CC(=O)O)C2CCN(c3ccc(F)cc3)CC2)cc1. The van der Waals surface area contributed by atoms with Crippen LogP contribution in [0.1, 0.15) is 32.3 Å². The quantitative estimate of drug-likeness (QED) is 0.721. The number of nitrogens with zero attached hydrogens (tertiary/aromatic N) is 2. The molecule has 5 nitrogen and oxygen atoms in total. The molecule has 0 amide bonds. The van der Waals surface area contributed by atoms with Crippen LogP contribution in [0.25, 0.3) is 0 Å². The third kappa shape index (κ3) is 6.19. The fourth-order valence-electron chi connectivity index (χ4n) is 3.81. The highest BCUT2D eigenvalue weighted by Gasteiger charge is 2.26. The maximum atomic E-state index is 13.1. The predicted octanol–water partition coefficient (Wildman–Crippen LogP) is 4.17. The first-order valence-corrected chi connectivity index (χ1v) is 10.1. The number of benzene rings is 2. The molecule has 1 aliphatic rings. The van der Waals surface area contributed by atoms with Crippen molar-refractivity contribution < 1.29 is 19.0 Å². The minimum atomic E-state index is -0.814. The fourth-order valence-corrected chi connectivity index (χ4v) is 3.81. The van der Waals surface area contributed by atoms with Gasteiger partial charge in [0.15, 0.2) is 0 Å². The highest BCUT2D eigenvalue weighted by Crippen LogP contribution is 2.24. The van der Waals surface area contributed by atoms with Gasteiger partial charge in [-0.25, -0.2) is 4.39 Å². The number of anilines is 1. The Balaban J connectivity index is 1.61. The Morgan fingerprint density at radius 1 is 1.14 bits per heavy atom. The molecule has 3 rings (SSSR count). The monoisotopic (exact) mass is 400 g/mol. The summed E-state index contributed by atoms with van der Waals surface area (Å²) in [4.78, 5) is 15.7. The van der Waals surface area contributed by atoms with Crippen molar-refractivity contribution in [3.05, 3.63) is 59.9 Å². The molecule has 1 saturated heterocycles. The Morgan fingerprint density at radius 2 is 1.76 bits per heavy atom. The highest BCUT2D eigenvalue weighted by atomic mass is 19.1. The number of ether oxygens (including phenoxy) is 1. The summed E-state index contributed by atoms with van der Waals surface area (Å²) >= 11 is 0. The van der Waals surface area contributed by atoms with Crippen molar-refractivity contribution >= 4 is 11.7 Å². The van der Waals surface area contributed by atoms with Gasteiger partial charge in [-0.05, 0) is 68.7 Å². The van der Waals surface area contributed by atoms with Crippen LogP contribution in [0, 0.1) is 5.82 Å². The second kappa shape index (κ2) is 9.74. The third-order valence-corrected chi connectivity index (χ3v) is 5.19. The van der Waals surface area contributed by atoms with E-state index in [0.29, 0.717) is 6.54 Å². The second-order valence-electron chi connectivity index (χ2n) is 7.80. The zero-order valence-corrected chi connectivity index (χ0v) is 17.1. The Kier molecular flexibility index (Phi) is 7.09. The zero-order chi connectivity index (χ0) is 20.8. The number of aliphatic carboxylic acids is 1. The molecule has 156 valence electrons. The number of halogens is 1. The van der Waals surface area contributed by atoms with E-state index < -0.39 is 5.97 Å². The van der Waals surface area contributed by atoms with E-state index in [9.17, 15) is 14.3 Å². The molecule has 29 heavy (non-hydrogen) atoms. The molecule has 1 aliphatic heterocycles. The predicted molar refractivity (Wildman–Crippen MR) is 112 cm³/mol. The average Bonchev–Trinajstić information content (AvgIpc) is 2.69. The number of rotatable bonds is 8. The summed E-state index contributed by atoms with van der Waals surface area (Å²) < 4.78 is 18.8. The Bertz CT molecular complexity index is 785. The van der Waals surface area contributed by atoms with Gasteiger partial charge in [-0.2, -0.15) is 0 Å². The molecular formula is C23H29FN2O3. The van der Waals surface area contributed by atoms with Gasteiger partial charge in [0.1, 0.15) is 11.6 Å². The van der Waals surface area contributed by atoms with Gasteiger partial charge in [0, 0.05) is 31.4 Å². The van der Waals surface area contributed by atoms with E-state index in [1.807, 2.05) is 43.0 Å². The van der Waals surface area contributed by atoms with Crippen molar-refractivity contribution in [2.24, 2.45) is 0 Å². The van der Waals surface area contributed by atoms with Crippen LogP contribution in [0.4, 0.5) is 10.1 Å². The topological polar surface area (TPSA) is 53.0 Å². The number of carboxylic acids is 1. The molecule has 6 heteroatoms. The molecule has 0 spiro atoms. The summed E-state index contributed by atoms with van der Waals surface area (Å²) in [5.41, 5.74) is 2.08. The van der Waals surface area contributed by atoms with Crippen LogP contribution in [0.15, 0.2) is 48.5 Å². The molecule has 2 aromatic rings. The maximum Gasteiger partial charge on any atom is 0.317 e. The molecular weight excluding hydrogens is 371 g/mol. The van der Waals surface area contributed by atoms with Crippen molar-refractivity contribution in [2.75, 3.05) is 24.5 Å². The first-order chi connectivity index (χ1) is 13.9. The molecule has 0 bridgehead atoms. The smallest absolute Gasteiger partial charge is 0.317 e. The summed E-state index contributed by atoms with van der Waals surface area (Å²) in [6, 6.07) is 14.6. The van der Waals surface area contributed by atoms with Crippen molar-refractivity contribution in [3.8, 4) is 5.75 Å². The summed E-state index contributed by atoms with van der Waals surface area (Å²) in [6.45, 7) is 6.24. The molecule has 1 N–H and O–H groups in total. The maximum absolute atomic E-state index is 13.1. The normalized spacial score (nSPS) is 15.1. The van der Waals surface area contributed by atoms with Gasteiger partial charge in [0.05, 0.1) is 12.6 Å². The Labute approximate surface area is 171 Å². The summed E-state index contributed by atoms with van der Waals surface area (Å²) in [6.07, 6.45) is 1.87. The summed E-state index contributed by atoms with van der Waals surface area (Å²) in [7, 11) is 0. The van der Waals surface area contributed by atoms with E-state index in [4.69, 9.17) is 4.74 Å². The lowest BCUT2D eigenvalue weighted by Crippen LogP contribution is -2.46. The molecule has 2 aromatic carbocycles. The van der Waals surface area contributed by atoms with Crippen molar-refractivity contribution in [2.45, 2.75) is 45.4 Å². The van der Waals surface area contributed by atoms with E-state index in [2.05, 4.69) is 4.90 Å². The van der Waals surface area contributed by atoms with Gasteiger partial charge >= 0.3 is 5.97 Å². The lowest BCUT2D eigenvalue weighted by Gasteiger charge is -2.39. The first-order valence-electron chi connectivity index (χ1n) is 10.1. The van der Waals surface area contributed by atoms with Gasteiger partial charge < -0.3 is 14.7 Å². The Morgan fingerprint density at radius 3 is 2.31 bits per heavy atom. The van der Waals surface area contributed by atoms with E-state index in [1.54, 1.807) is 12.1 Å². The Hall–Kier alpha value is -2.60. The molecule has 0 atom stereocenters. The molecule has 0 saturated carbocycles. The standard InChI is InChI=1S/C23H29FN2O3/c1-17(2)29-22-9-3-18(4-10-22)15-26(16-23(27)28)21-11-13-25(14-12-21)20-7-5-19(24)6-8-20/h3-10,17,21H,11-16H2,1-2H3,(H,27,28). The van der Waals surface area contributed by atoms with Crippen molar-refractivity contribution in [1.82, 2.24) is 4.90 Å². The zero-order valence-electron chi connectivity index (χ0n) is 17.1. The lowest BCUT2D eigenvalue weighted by atomic mass is 10.0. The summed E-state index contributed by atoms with van der Waals surface area (Å²) in [5.74, 6) is -0.229. The number of piperidine rings is 1. The lowest BCUT2D eigenvalue weighted by molar-refractivity contribution is -0.139. The van der Waals surface area contributed by atoms with Crippen LogP contribution in [-0.4, -0.2) is 47.8 Å². The van der Waals surface area contributed by atoms with E-state index in [-0.39, 0.29) is 24.5 Å². The van der Waals surface area contributed by atoms with Crippen LogP contribution in [-0.2, 0) is 11.3 Å². The molecule has 0 radical (unpaired) electrons. The van der Waals surface area contributed by atoms with Crippen molar-refractivity contribution in [3.63, 3.8) is 0 Å². The molecule has 0 aromatic heterocycles. The average molecular weight is 400 g/mol. The first kappa shape index (κ1) is 21.1. The van der Waals surface area contributed by atoms with E-state index in [0.717, 1.165) is 42.9 Å². The van der Waals surface area contributed by atoms with Crippen molar-refractivity contribution in [1.29, 1.82) is 0 Å². The van der Waals surface area contributed by atoms with E-state index in [1.165, 1.54) is 12.1 Å². The molecule has 0 unspecified atom stereocenters. The largest absolute Gasteiger partial charge is 0.491 e. The highest BCUT2D eigenvalue weighted by molar-refractivity contribution is 5.69.